The number of aryl methyl sites for hydroxylation is 2. The Morgan fingerprint density at radius 2 is 0.933 bits per heavy atom. The maximum absolute atomic E-state index is 13.5. The number of fused-ring (bicyclic) bond motifs is 3. The van der Waals surface area contributed by atoms with E-state index in [1.165, 1.54) is 20.5 Å². The number of carbonyl (C=O) groups is 3. The van der Waals surface area contributed by atoms with E-state index in [2.05, 4.69) is 28.1 Å². The van der Waals surface area contributed by atoms with Gasteiger partial charge in [0.05, 0.1) is 55.8 Å². The second-order valence-electron chi connectivity index (χ2n) is 21.8. The first-order valence-corrected chi connectivity index (χ1v) is 30.9. The van der Waals surface area contributed by atoms with Crippen LogP contribution in [0, 0.1) is 34.0 Å². The summed E-state index contributed by atoms with van der Waals surface area (Å²) in [6.07, 6.45) is 4.26. The summed E-state index contributed by atoms with van der Waals surface area (Å²) in [6, 6.07) is 45.6. The van der Waals surface area contributed by atoms with Crippen molar-refractivity contribution >= 4 is 108 Å². The molecule has 3 saturated heterocycles. The largest absolute Gasteiger partial charge is 0.366 e. The summed E-state index contributed by atoms with van der Waals surface area (Å²) >= 11 is 13.6. The van der Waals surface area contributed by atoms with E-state index in [0.29, 0.717) is 135 Å². The number of benzene rings is 5. The van der Waals surface area contributed by atoms with Gasteiger partial charge in [0.2, 0.25) is 0 Å². The third kappa shape index (κ3) is 12.2. The number of anilines is 3. The minimum absolute atomic E-state index is 0.0326. The molecule has 4 aromatic heterocycles. The molecule has 0 saturated carbocycles. The Bertz CT molecular complexity index is 4670. The molecule has 0 N–H and O–H groups in total. The normalized spacial score (nSPS) is 14.7. The van der Waals surface area contributed by atoms with Gasteiger partial charge in [-0.25, -0.2) is 0 Å². The Hall–Kier alpha value is -10.3. The second kappa shape index (κ2) is 27.0. The molecule has 13 rings (SSSR count). The molecular weight excluding hydrogens is 1200 g/mol. The number of aromatic nitrogens is 3. The first kappa shape index (κ1) is 61.4. The Morgan fingerprint density at radius 1 is 0.500 bits per heavy atom. The molecule has 22 heteroatoms. The van der Waals surface area contributed by atoms with Crippen LogP contribution in [0.25, 0.3) is 32.7 Å². The summed E-state index contributed by atoms with van der Waals surface area (Å²) in [5.41, 5.74) is 6.54. The third-order valence-electron chi connectivity index (χ3n) is 16.7. The number of halogens is 2. The first-order valence-electron chi connectivity index (χ1n) is 29.2. The number of hydrogen-bond donors (Lipinski definition) is 0. The highest BCUT2D eigenvalue weighted by molar-refractivity contribution is 7.08. The monoisotopic (exact) mass is 1260 g/mol. The molecule has 19 nitrogen and oxygen atoms in total. The Kier molecular flexibility index (Phi) is 18.4. The standard InChI is InChI=1S/C28H22Cl2N4O2.C20H19N5O2.C20H18N4O2S/c29-23-11-10-20(16-24(23)30)27(35)33-14-12-32(13-15-33)26-21-8-4-5-9-25(21)34(28(36)22(26)17-31)18-19-6-2-1-3-7-19;1-23-17-7-3-2-5-14(17)18(15(13-21)19(23)26)24-9-11-25(12-10-24)20(27)16-6-4-8-22-16;1-22-17-5-3-2-4-15(17)18(16(12-21)20(22)26)23-7-9-24(10-8-23)19(25)14-6-11-27-13-14/h1-11,16H,12-15,18H2;2-3,5-8H,4,9-12H2,1H3;2-6,11,13H,7-10H2,1H3. The molecule has 0 radical (unpaired) electrons. The number of para-hydroxylation sites is 3. The van der Waals surface area contributed by atoms with Crippen molar-refractivity contribution < 1.29 is 14.4 Å². The molecular formula is C68H59Cl2N13O6S. The first-order chi connectivity index (χ1) is 43.7. The van der Waals surface area contributed by atoms with Crippen LogP contribution >= 0.6 is 34.5 Å². The van der Waals surface area contributed by atoms with Crippen molar-refractivity contribution in [2.24, 2.45) is 19.1 Å². The van der Waals surface area contributed by atoms with Crippen LogP contribution in [0.1, 0.15) is 49.4 Å². The van der Waals surface area contributed by atoms with Gasteiger partial charge in [-0.1, -0.05) is 108 Å². The zero-order valence-electron chi connectivity index (χ0n) is 49.3. The summed E-state index contributed by atoms with van der Waals surface area (Å²) in [7, 11) is 3.37. The van der Waals surface area contributed by atoms with E-state index in [4.69, 9.17) is 23.2 Å². The number of nitrogens with zero attached hydrogens (tertiary/aromatic N) is 13. The van der Waals surface area contributed by atoms with Crippen molar-refractivity contribution in [3.8, 4) is 18.2 Å². The number of aliphatic imine (C=N–C) groups is 1. The van der Waals surface area contributed by atoms with E-state index in [1.807, 2.05) is 141 Å². The van der Waals surface area contributed by atoms with Gasteiger partial charge in [-0.3, -0.25) is 33.8 Å². The number of carbonyl (C=O) groups excluding carboxylic acids is 3. The highest BCUT2D eigenvalue weighted by Gasteiger charge is 2.31. The van der Waals surface area contributed by atoms with Crippen molar-refractivity contribution in [3.05, 3.63) is 224 Å². The lowest BCUT2D eigenvalue weighted by molar-refractivity contribution is -0.127. The fourth-order valence-corrected chi connectivity index (χ4v) is 12.9. The molecule has 0 unspecified atom stereocenters. The summed E-state index contributed by atoms with van der Waals surface area (Å²) in [5, 5.41) is 36.4. The number of piperazine rings is 3. The second-order valence-corrected chi connectivity index (χ2v) is 23.4. The Balaban J connectivity index is 0.000000141. The lowest BCUT2D eigenvalue weighted by Gasteiger charge is -2.37. The Morgan fingerprint density at radius 3 is 1.38 bits per heavy atom. The number of allylic oxidation sites excluding steroid dienone is 1. The molecule has 0 bridgehead atoms. The number of amides is 3. The van der Waals surface area contributed by atoms with E-state index >= 15 is 0 Å². The molecule has 452 valence electrons. The fraction of sp³-hybridized carbons (Fsp3) is 0.235. The predicted molar refractivity (Wildman–Crippen MR) is 353 cm³/mol. The Labute approximate surface area is 531 Å². The van der Waals surface area contributed by atoms with Crippen molar-refractivity contribution in [2.75, 3.05) is 93.2 Å². The van der Waals surface area contributed by atoms with Gasteiger partial charge in [0, 0.05) is 132 Å². The zero-order chi connectivity index (χ0) is 63.2. The molecule has 5 aromatic carbocycles. The van der Waals surface area contributed by atoms with Crippen LogP contribution in [0.15, 0.2) is 169 Å². The van der Waals surface area contributed by atoms with Crippen molar-refractivity contribution in [1.29, 1.82) is 15.8 Å². The van der Waals surface area contributed by atoms with Crippen molar-refractivity contribution in [2.45, 2.75) is 13.0 Å². The van der Waals surface area contributed by atoms with Gasteiger partial charge in [0.15, 0.2) is 0 Å². The predicted octanol–water partition coefficient (Wildman–Crippen LogP) is 9.04. The van der Waals surface area contributed by atoms with E-state index in [1.54, 1.807) is 52.9 Å². The van der Waals surface area contributed by atoms with E-state index < -0.39 is 0 Å². The minimum atomic E-state index is -0.315. The summed E-state index contributed by atoms with van der Waals surface area (Å²) in [6.45, 7) is 6.73. The summed E-state index contributed by atoms with van der Waals surface area (Å²) in [5.74, 6) is -0.153. The average molecular weight is 1260 g/mol. The molecule has 8 heterocycles. The molecule has 0 atom stereocenters. The molecule has 0 aliphatic carbocycles. The topological polar surface area (TPSA) is 220 Å². The highest BCUT2D eigenvalue weighted by atomic mass is 35.5. The lowest BCUT2D eigenvalue weighted by Crippen LogP contribution is -2.49. The third-order valence-corrected chi connectivity index (χ3v) is 18.1. The van der Waals surface area contributed by atoms with Crippen LogP contribution in [0.2, 0.25) is 10.0 Å². The van der Waals surface area contributed by atoms with Crippen LogP contribution in [0.3, 0.4) is 0 Å². The van der Waals surface area contributed by atoms with Crippen molar-refractivity contribution in [3.63, 3.8) is 0 Å². The van der Waals surface area contributed by atoms with Crippen molar-refractivity contribution in [1.82, 2.24) is 28.4 Å². The number of nitriles is 3. The zero-order valence-corrected chi connectivity index (χ0v) is 51.6. The van der Waals surface area contributed by atoms with Gasteiger partial charge in [0.1, 0.15) is 40.6 Å². The maximum Gasteiger partial charge on any atom is 0.272 e. The number of thiophene rings is 1. The molecule has 4 aliphatic rings. The van der Waals surface area contributed by atoms with Gasteiger partial charge in [-0.15, -0.1) is 0 Å². The lowest BCUT2D eigenvalue weighted by atomic mass is 10.1. The minimum Gasteiger partial charge on any atom is -0.366 e. The smallest absolute Gasteiger partial charge is 0.272 e. The summed E-state index contributed by atoms with van der Waals surface area (Å²) in [4.78, 5) is 92.5. The number of hydrogen-bond acceptors (Lipinski definition) is 14. The SMILES string of the molecule is Cn1c(=O)c(C#N)c(N2CCN(C(=O)C3=CCC=N3)CC2)c2ccccc21.Cn1c(=O)c(C#N)c(N2CCN(C(=O)c3ccsc3)CC2)c2ccccc21.N#Cc1c(N2CCN(C(=O)c3ccc(Cl)c(Cl)c3)CC2)c2ccccc2n(Cc2ccccc2)c1=O. The van der Waals surface area contributed by atoms with Gasteiger partial charge in [-0.05, 0) is 59.5 Å². The maximum atomic E-state index is 13.5. The quantitative estimate of drug-likeness (QED) is 0.139. The van der Waals surface area contributed by atoms with Crippen LogP contribution in [0.5, 0.6) is 0 Å². The molecule has 3 amide bonds. The van der Waals surface area contributed by atoms with Gasteiger partial charge in [-0.2, -0.15) is 27.1 Å². The van der Waals surface area contributed by atoms with Gasteiger partial charge in [0.25, 0.3) is 34.4 Å². The highest BCUT2D eigenvalue weighted by Crippen LogP contribution is 2.34. The van der Waals surface area contributed by atoms with Crippen LogP contribution in [-0.2, 0) is 25.4 Å². The molecule has 0 spiro atoms. The molecule has 3 fully saturated rings. The molecule has 9 aromatic rings. The molecule has 4 aliphatic heterocycles. The number of pyridine rings is 3. The number of rotatable bonds is 8. The fourth-order valence-electron chi connectivity index (χ4n) is 12.0. The molecule has 90 heavy (non-hydrogen) atoms. The van der Waals surface area contributed by atoms with Crippen LogP contribution in [0.4, 0.5) is 17.1 Å². The van der Waals surface area contributed by atoms with E-state index in [0.717, 1.165) is 38.3 Å². The van der Waals surface area contributed by atoms with Crippen LogP contribution in [-0.4, -0.2) is 131 Å². The van der Waals surface area contributed by atoms with E-state index in [-0.39, 0.29) is 51.1 Å². The van der Waals surface area contributed by atoms with Gasteiger partial charge >= 0.3 is 0 Å². The van der Waals surface area contributed by atoms with E-state index in [9.17, 15) is 44.6 Å². The summed E-state index contributed by atoms with van der Waals surface area (Å²) < 4.78 is 4.70. The average Bonchev–Trinajstić information content (AvgIpc) is 0.852. The van der Waals surface area contributed by atoms with Crippen LogP contribution < -0.4 is 31.4 Å². The van der Waals surface area contributed by atoms with Gasteiger partial charge < -0.3 is 43.1 Å².